The highest BCUT2D eigenvalue weighted by Crippen LogP contribution is 2.33. The predicted molar refractivity (Wildman–Crippen MR) is 76.9 cm³/mol. The van der Waals surface area contributed by atoms with Crippen LogP contribution in [0.15, 0.2) is 29.3 Å². The van der Waals surface area contributed by atoms with Crippen LogP contribution in [-0.4, -0.2) is 9.97 Å². The van der Waals surface area contributed by atoms with Crippen molar-refractivity contribution in [2.24, 2.45) is 0 Å². The Balaban J connectivity index is 2.19. The number of allylic oxidation sites excluding steroid dienone is 1. The summed E-state index contributed by atoms with van der Waals surface area (Å²) in [6.45, 7) is 0. The Morgan fingerprint density at radius 2 is 2.05 bits per heavy atom. The molecule has 0 bridgehead atoms. The molecule has 1 N–H and O–H groups in total. The van der Waals surface area contributed by atoms with Gasteiger partial charge in [0.2, 0.25) is 0 Å². The molecule has 0 saturated carbocycles. The molecular formula is C16H10N4O. The summed E-state index contributed by atoms with van der Waals surface area (Å²) in [5, 5.41) is 18.2. The van der Waals surface area contributed by atoms with Crippen molar-refractivity contribution in [1.29, 1.82) is 10.5 Å². The molecule has 0 saturated heterocycles. The monoisotopic (exact) mass is 274 g/mol. The quantitative estimate of drug-likeness (QED) is 0.860. The van der Waals surface area contributed by atoms with E-state index in [-0.39, 0.29) is 11.1 Å². The van der Waals surface area contributed by atoms with Crippen LogP contribution in [0.3, 0.4) is 0 Å². The number of nitrogens with zero attached hydrogens (tertiary/aromatic N) is 3. The van der Waals surface area contributed by atoms with Crippen LogP contribution in [0.1, 0.15) is 34.4 Å². The van der Waals surface area contributed by atoms with Crippen molar-refractivity contribution in [2.75, 3.05) is 0 Å². The number of aromatic nitrogens is 2. The first kappa shape index (κ1) is 12.8. The Morgan fingerprint density at radius 1 is 1.24 bits per heavy atom. The van der Waals surface area contributed by atoms with Crippen LogP contribution < -0.4 is 5.56 Å². The van der Waals surface area contributed by atoms with Crippen LogP contribution in [0.25, 0.3) is 11.6 Å². The lowest BCUT2D eigenvalue weighted by Crippen LogP contribution is -2.15. The first-order chi connectivity index (χ1) is 10.2. The summed E-state index contributed by atoms with van der Waals surface area (Å²) in [6, 6.07) is 7.56. The van der Waals surface area contributed by atoms with E-state index in [9.17, 15) is 10.1 Å². The van der Waals surface area contributed by atoms with Crippen LogP contribution in [0.2, 0.25) is 0 Å². The zero-order valence-electron chi connectivity index (χ0n) is 11.1. The van der Waals surface area contributed by atoms with Crippen molar-refractivity contribution in [1.82, 2.24) is 9.97 Å². The van der Waals surface area contributed by atoms with Crippen molar-refractivity contribution in [3.05, 3.63) is 62.8 Å². The third kappa shape index (κ3) is 2.11. The molecule has 1 aliphatic carbocycles. The smallest absolute Gasteiger partial charge is 0.267 e. The van der Waals surface area contributed by atoms with Gasteiger partial charge in [-0.1, -0.05) is 6.07 Å². The average Bonchev–Trinajstić information content (AvgIpc) is 2.89. The summed E-state index contributed by atoms with van der Waals surface area (Å²) in [6.07, 6.45) is 6.75. The highest BCUT2D eigenvalue weighted by molar-refractivity contribution is 5.84. The molecule has 5 heteroatoms. The molecule has 0 unspecified atom stereocenters. The molecule has 0 fully saturated rings. The molecule has 0 aromatic carbocycles. The summed E-state index contributed by atoms with van der Waals surface area (Å²) in [5.74, 6) is 0. The Kier molecular flexibility index (Phi) is 3.10. The van der Waals surface area contributed by atoms with Gasteiger partial charge in [0, 0.05) is 18.1 Å². The molecule has 5 nitrogen and oxygen atoms in total. The van der Waals surface area contributed by atoms with Crippen molar-refractivity contribution in [2.45, 2.75) is 12.8 Å². The largest absolute Gasteiger partial charge is 0.321 e. The van der Waals surface area contributed by atoms with Crippen LogP contribution in [-0.2, 0) is 6.42 Å². The number of aromatic amines is 1. The molecule has 100 valence electrons. The standard InChI is InChI=1S/C16H10N4O/c17-7-13-12-4-3-11(6-10-2-1-5-19-9-10)15(12)20-16(21)14(13)8-18/h1-2,5-6,9H,3-4H2,(H,20,21)/b11-6+. The molecule has 0 amide bonds. The SMILES string of the molecule is N#Cc1c2c([nH]c(=O)c1C#N)/C(=C/c1cccnc1)CC2. The molecule has 0 atom stereocenters. The van der Waals surface area contributed by atoms with E-state index >= 15 is 0 Å². The van der Waals surface area contributed by atoms with Gasteiger partial charge < -0.3 is 4.98 Å². The molecule has 3 rings (SSSR count). The minimum absolute atomic E-state index is 0.0983. The van der Waals surface area contributed by atoms with Gasteiger partial charge in [-0.3, -0.25) is 9.78 Å². The Bertz CT molecular complexity index is 879. The Morgan fingerprint density at radius 3 is 2.71 bits per heavy atom. The third-order valence-corrected chi connectivity index (χ3v) is 3.53. The molecular weight excluding hydrogens is 264 g/mol. The molecule has 2 aromatic heterocycles. The Labute approximate surface area is 120 Å². The molecule has 0 aliphatic heterocycles. The minimum Gasteiger partial charge on any atom is -0.321 e. The second-order valence-corrected chi connectivity index (χ2v) is 4.74. The van der Waals surface area contributed by atoms with Crippen molar-refractivity contribution >= 4 is 11.6 Å². The van der Waals surface area contributed by atoms with Gasteiger partial charge in [0.05, 0.1) is 5.56 Å². The van der Waals surface area contributed by atoms with Crippen LogP contribution in [0.5, 0.6) is 0 Å². The fourth-order valence-electron chi connectivity index (χ4n) is 2.59. The lowest BCUT2D eigenvalue weighted by atomic mass is 10.0. The minimum atomic E-state index is -0.508. The van der Waals surface area contributed by atoms with E-state index in [0.29, 0.717) is 12.1 Å². The van der Waals surface area contributed by atoms with Crippen LogP contribution in [0, 0.1) is 22.7 Å². The van der Waals surface area contributed by atoms with Gasteiger partial charge >= 0.3 is 0 Å². The van der Waals surface area contributed by atoms with E-state index in [0.717, 1.165) is 23.1 Å². The molecule has 2 aromatic rings. The van der Waals surface area contributed by atoms with Crippen LogP contribution >= 0.6 is 0 Å². The maximum Gasteiger partial charge on any atom is 0.267 e. The second-order valence-electron chi connectivity index (χ2n) is 4.74. The number of nitriles is 2. The maximum atomic E-state index is 11.9. The van der Waals surface area contributed by atoms with E-state index in [1.165, 1.54) is 0 Å². The third-order valence-electron chi connectivity index (χ3n) is 3.53. The maximum absolute atomic E-state index is 11.9. The summed E-state index contributed by atoms with van der Waals surface area (Å²) in [7, 11) is 0. The molecule has 21 heavy (non-hydrogen) atoms. The number of H-pyrrole nitrogens is 1. The lowest BCUT2D eigenvalue weighted by Gasteiger charge is -2.04. The zero-order valence-corrected chi connectivity index (χ0v) is 11.1. The number of hydrogen-bond donors (Lipinski definition) is 1. The van der Waals surface area contributed by atoms with Gasteiger partial charge in [0.25, 0.3) is 5.56 Å². The zero-order chi connectivity index (χ0) is 14.8. The molecule has 0 spiro atoms. The topological polar surface area (TPSA) is 93.3 Å². The second kappa shape index (κ2) is 5.07. The van der Waals surface area contributed by atoms with Gasteiger partial charge in [-0.25, -0.2) is 0 Å². The molecule has 2 heterocycles. The number of fused-ring (bicyclic) bond motifs is 1. The predicted octanol–water partition coefficient (Wildman–Crippen LogP) is 2.00. The van der Waals surface area contributed by atoms with E-state index in [1.54, 1.807) is 12.4 Å². The van der Waals surface area contributed by atoms with Gasteiger partial charge in [-0.05, 0) is 41.7 Å². The van der Waals surface area contributed by atoms with E-state index in [2.05, 4.69) is 9.97 Å². The normalized spacial score (nSPS) is 14.5. The first-order valence-corrected chi connectivity index (χ1v) is 6.45. The van der Waals surface area contributed by atoms with Crippen molar-refractivity contribution < 1.29 is 0 Å². The van der Waals surface area contributed by atoms with Crippen molar-refractivity contribution in [3.8, 4) is 12.1 Å². The van der Waals surface area contributed by atoms with E-state index < -0.39 is 5.56 Å². The van der Waals surface area contributed by atoms with Gasteiger partial charge in [0.1, 0.15) is 17.7 Å². The first-order valence-electron chi connectivity index (χ1n) is 6.45. The average molecular weight is 274 g/mol. The van der Waals surface area contributed by atoms with Gasteiger partial charge in [-0.15, -0.1) is 0 Å². The summed E-state index contributed by atoms with van der Waals surface area (Å²) in [4.78, 5) is 18.7. The van der Waals surface area contributed by atoms with Crippen molar-refractivity contribution in [3.63, 3.8) is 0 Å². The summed E-state index contributed by atoms with van der Waals surface area (Å²) >= 11 is 0. The van der Waals surface area contributed by atoms with E-state index in [4.69, 9.17) is 5.26 Å². The van der Waals surface area contributed by atoms with Gasteiger partial charge in [-0.2, -0.15) is 10.5 Å². The number of nitrogens with one attached hydrogen (secondary N) is 1. The summed E-state index contributed by atoms with van der Waals surface area (Å²) in [5.41, 5.74) is 2.90. The lowest BCUT2D eigenvalue weighted by molar-refractivity contribution is 1.06. The molecule has 0 radical (unpaired) electrons. The summed E-state index contributed by atoms with van der Waals surface area (Å²) < 4.78 is 0. The Hall–Kier alpha value is -3.18. The molecule has 1 aliphatic rings. The fourth-order valence-corrected chi connectivity index (χ4v) is 2.59. The van der Waals surface area contributed by atoms with Gasteiger partial charge in [0.15, 0.2) is 0 Å². The number of pyridine rings is 2. The van der Waals surface area contributed by atoms with Crippen LogP contribution in [0.4, 0.5) is 0 Å². The van der Waals surface area contributed by atoms with E-state index in [1.807, 2.05) is 30.3 Å². The number of rotatable bonds is 1. The highest BCUT2D eigenvalue weighted by Gasteiger charge is 2.24. The number of hydrogen-bond acceptors (Lipinski definition) is 4. The highest BCUT2D eigenvalue weighted by atomic mass is 16.1. The fraction of sp³-hybridized carbons (Fsp3) is 0.125.